The van der Waals surface area contributed by atoms with Crippen molar-refractivity contribution in [2.75, 3.05) is 0 Å². The van der Waals surface area contributed by atoms with E-state index in [1.165, 1.54) is 6.07 Å². The monoisotopic (exact) mass is 358 g/mol. The van der Waals surface area contributed by atoms with Gasteiger partial charge in [-0.05, 0) is 23.3 Å². The van der Waals surface area contributed by atoms with Crippen molar-refractivity contribution in [1.29, 1.82) is 0 Å². The van der Waals surface area contributed by atoms with Crippen LogP contribution in [0.3, 0.4) is 0 Å². The number of hydrogen-bond donors (Lipinski definition) is 2. The van der Waals surface area contributed by atoms with Crippen LogP contribution in [0.4, 0.5) is 13.2 Å². The van der Waals surface area contributed by atoms with Crippen molar-refractivity contribution in [3.05, 3.63) is 71.3 Å². The van der Waals surface area contributed by atoms with Crippen molar-refractivity contribution >= 4 is 17.6 Å². The van der Waals surface area contributed by atoms with Gasteiger partial charge in [0.15, 0.2) is 4.87 Å². The van der Waals surface area contributed by atoms with Gasteiger partial charge in [0, 0.05) is 6.42 Å². The zero-order valence-corrected chi connectivity index (χ0v) is 13.1. The molecule has 0 heterocycles. The lowest BCUT2D eigenvalue weighted by atomic mass is 9.88. The number of rotatable bonds is 5. The standard InChI is InChI=1S/C17H14ClF3O3/c18-16(15(23)24,10-11-5-2-1-3-6-11)14(22)12-7-4-8-13(9-12)17(19,20)21/h1-9,14,22H,10H2,(H,23,24). The molecule has 2 aromatic rings. The van der Waals surface area contributed by atoms with Crippen LogP contribution in [0, 0.1) is 0 Å². The van der Waals surface area contributed by atoms with Crippen molar-refractivity contribution in [3.8, 4) is 0 Å². The molecule has 24 heavy (non-hydrogen) atoms. The van der Waals surface area contributed by atoms with Gasteiger partial charge in [0.2, 0.25) is 0 Å². The summed E-state index contributed by atoms with van der Waals surface area (Å²) >= 11 is 6.13. The van der Waals surface area contributed by atoms with Crippen LogP contribution in [0.25, 0.3) is 0 Å². The van der Waals surface area contributed by atoms with E-state index in [0.717, 1.165) is 12.1 Å². The maximum Gasteiger partial charge on any atom is 0.416 e. The third-order valence-corrected chi connectivity index (χ3v) is 4.12. The van der Waals surface area contributed by atoms with Crippen molar-refractivity contribution in [2.45, 2.75) is 23.6 Å². The maximum atomic E-state index is 12.8. The molecule has 2 atom stereocenters. The summed E-state index contributed by atoms with van der Waals surface area (Å²) in [6, 6.07) is 12.2. The van der Waals surface area contributed by atoms with Gasteiger partial charge >= 0.3 is 12.1 Å². The average Bonchev–Trinajstić information content (AvgIpc) is 2.54. The van der Waals surface area contributed by atoms with Gasteiger partial charge in [-0.15, -0.1) is 11.6 Å². The van der Waals surface area contributed by atoms with Crippen LogP contribution >= 0.6 is 11.6 Å². The zero-order chi connectivity index (χ0) is 18.0. The summed E-state index contributed by atoms with van der Waals surface area (Å²) in [5, 5.41) is 19.8. The van der Waals surface area contributed by atoms with Crippen molar-refractivity contribution in [2.24, 2.45) is 0 Å². The molecule has 7 heteroatoms. The largest absolute Gasteiger partial charge is 0.480 e. The lowest BCUT2D eigenvalue weighted by Gasteiger charge is -2.28. The summed E-state index contributed by atoms with van der Waals surface area (Å²) in [7, 11) is 0. The average molecular weight is 359 g/mol. The molecule has 2 rings (SSSR count). The van der Waals surface area contributed by atoms with Gasteiger partial charge < -0.3 is 10.2 Å². The number of aliphatic hydroxyl groups excluding tert-OH is 1. The minimum atomic E-state index is -4.60. The van der Waals surface area contributed by atoms with Crippen LogP contribution in [-0.2, 0) is 17.4 Å². The number of carboxylic acid groups (broad SMARTS) is 1. The Morgan fingerprint density at radius 1 is 1.08 bits per heavy atom. The first-order valence-electron chi connectivity index (χ1n) is 6.96. The molecule has 2 aromatic carbocycles. The van der Waals surface area contributed by atoms with Crippen LogP contribution in [0.1, 0.15) is 22.8 Å². The van der Waals surface area contributed by atoms with E-state index in [0.29, 0.717) is 11.6 Å². The van der Waals surface area contributed by atoms with Gasteiger partial charge in [-0.1, -0.05) is 42.5 Å². The summed E-state index contributed by atoms with van der Waals surface area (Å²) in [6.07, 6.45) is -6.67. The van der Waals surface area contributed by atoms with Crippen LogP contribution in [0.2, 0.25) is 0 Å². The molecule has 0 saturated heterocycles. The van der Waals surface area contributed by atoms with E-state index in [1.54, 1.807) is 30.3 Å². The fraction of sp³-hybridized carbons (Fsp3) is 0.235. The SMILES string of the molecule is O=C(O)C(Cl)(Cc1ccccc1)C(O)c1cccc(C(F)(F)F)c1. The number of carboxylic acids is 1. The summed E-state index contributed by atoms with van der Waals surface area (Å²) < 4.78 is 38.4. The Morgan fingerprint density at radius 2 is 1.71 bits per heavy atom. The Hall–Kier alpha value is -2.05. The molecule has 0 aromatic heterocycles. The number of alkyl halides is 4. The van der Waals surface area contributed by atoms with E-state index in [2.05, 4.69) is 0 Å². The quantitative estimate of drug-likeness (QED) is 0.793. The molecular formula is C17H14ClF3O3. The van der Waals surface area contributed by atoms with Crippen LogP contribution in [0.15, 0.2) is 54.6 Å². The Balaban J connectivity index is 2.39. The first-order valence-corrected chi connectivity index (χ1v) is 7.34. The van der Waals surface area contributed by atoms with E-state index in [-0.39, 0.29) is 12.0 Å². The maximum absolute atomic E-state index is 12.8. The zero-order valence-electron chi connectivity index (χ0n) is 12.3. The molecule has 0 amide bonds. The number of aliphatic carboxylic acids is 1. The number of hydrogen-bond acceptors (Lipinski definition) is 2. The Kier molecular flexibility index (Phi) is 5.20. The smallest absolute Gasteiger partial charge is 0.416 e. The third kappa shape index (κ3) is 3.88. The molecule has 2 N–H and O–H groups in total. The van der Waals surface area contributed by atoms with Crippen LogP contribution in [0.5, 0.6) is 0 Å². The number of aliphatic hydroxyl groups is 1. The van der Waals surface area contributed by atoms with Gasteiger partial charge in [0.1, 0.15) is 6.10 Å². The van der Waals surface area contributed by atoms with Gasteiger partial charge in [0.25, 0.3) is 0 Å². The van der Waals surface area contributed by atoms with Crippen LogP contribution in [-0.4, -0.2) is 21.1 Å². The minimum absolute atomic E-state index is 0.210. The highest BCUT2D eigenvalue weighted by Crippen LogP contribution is 2.38. The molecule has 0 saturated carbocycles. The first kappa shape index (κ1) is 18.3. The first-order chi connectivity index (χ1) is 11.1. The molecule has 0 bridgehead atoms. The summed E-state index contributed by atoms with van der Waals surface area (Å²) in [4.78, 5) is 9.42. The molecule has 0 aliphatic carbocycles. The molecule has 0 radical (unpaired) electrons. The van der Waals surface area contributed by atoms with Gasteiger partial charge in [-0.2, -0.15) is 13.2 Å². The second-order valence-electron chi connectivity index (χ2n) is 5.36. The third-order valence-electron chi connectivity index (χ3n) is 3.62. The van der Waals surface area contributed by atoms with Crippen molar-refractivity contribution < 1.29 is 28.2 Å². The predicted molar refractivity (Wildman–Crippen MR) is 82.8 cm³/mol. The number of benzene rings is 2. The highest BCUT2D eigenvalue weighted by Gasteiger charge is 2.45. The normalized spacial score (nSPS) is 15.5. The summed E-state index contributed by atoms with van der Waals surface area (Å²) in [5.74, 6) is -1.52. The van der Waals surface area contributed by atoms with E-state index in [9.17, 15) is 28.2 Å². The molecule has 0 aliphatic rings. The predicted octanol–water partition coefficient (Wildman–Crippen LogP) is 4.04. The number of halogens is 4. The highest BCUT2D eigenvalue weighted by molar-refractivity contribution is 6.34. The Morgan fingerprint density at radius 3 is 2.25 bits per heavy atom. The fourth-order valence-corrected chi connectivity index (χ4v) is 2.61. The lowest BCUT2D eigenvalue weighted by Crippen LogP contribution is -2.41. The Labute approximate surface area is 141 Å². The van der Waals surface area contributed by atoms with E-state index in [1.807, 2.05) is 0 Å². The Bertz CT molecular complexity index is 719. The molecule has 0 aliphatic heterocycles. The molecule has 2 unspecified atom stereocenters. The highest BCUT2D eigenvalue weighted by atomic mass is 35.5. The van der Waals surface area contributed by atoms with Crippen molar-refractivity contribution in [3.63, 3.8) is 0 Å². The van der Waals surface area contributed by atoms with Gasteiger partial charge in [-0.25, -0.2) is 0 Å². The van der Waals surface area contributed by atoms with E-state index in [4.69, 9.17) is 11.6 Å². The molecule has 0 spiro atoms. The minimum Gasteiger partial charge on any atom is -0.480 e. The fourth-order valence-electron chi connectivity index (χ4n) is 2.33. The second kappa shape index (κ2) is 6.83. The van der Waals surface area contributed by atoms with Crippen molar-refractivity contribution in [1.82, 2.24) is 0 Å². The molecule has 128 valence electrons. The van der Waals surface area contributed by atoms with E-state index >= 15 is 0 Å². The molecular weight excluding hydrogens is 345 g/mol. The van der Waals surface area contributed by atoms with Gasteiger partial charge in [-0.3, -0.25) is 4.79 Å². The lowest BCUT2D eigenvalue weighted by molar-refractivity contribution is -0.143. The summed E-state index contributed by atoms with van der Waals surface area (Å²) in [6.45, 7) is 0. The molecule has 0 fully saturated rings. The van der Waals surface area contributed by atoms with Gasteiger partial charge in [0.05, 0.1) is 5.56 Å². The second-order valence-corrected chi connectivity index (χ2v) is 6.03. The summed E-state index contributed by atoms with van der Waals surface area (Å²) in [5.41, 5.74) is -0.651. The van der Waals surface area contributed by atoms with Crippen LogP contribution < -0.4 is 0 Å². The number of carbonyl (C=O) groups is 1. The topological polar surface area (TPSA) is 57.5 Å². The molecule has 3 nitrogen and oxygen atoms in total. The van der Waals surface area contributed by atoms with E-state index < -0.39 is 28.7 Å².